The lowest BCUT2D eigenvalue weighted by Gasteiger charge is -2.16. The molecule has 2 aromatic heterocycles. The molecule has 0 spiro atoms. The minimum absolute atomic E-state index is 0.175. The third kappa shape index (κ3) is 2.98. The molecule has 18 heavy (non-hydrogen) atoms. The van der Waals surface area contributed by atoms with Crippen LogP contribution in [0.3, 0.4) is 0 Å². The van der Waals surface area contributed by atoms with Crippen molar-refractivity contribution in [1.29, 1.82) is 0 Å². The molecule has 6 heteroatoms. The number of H-pyrrole nitrogens is 1. The summed E-state index contributed by atoms with van der Waals surface area (Å²) in [5.41, 5.74) is 1.04. The van der Waals surface area contributed by atoms with E-state index in [2.05, 4.69) is 20.3 Å². The molecular formula is C12H17N5O. The first-order valence-electron chi connectivity index (χ1n) is 5.84. The zero-order valence-electron chi connectivity index (χ0n) is 10.3. The highest BCUT2D eigenvalue weighted by molar-refractivity contribution is 5.60. The quantitative estimate of drug-likeness (QED) is 0.672. The van der Waals surface area contributed by atoms with Crippen LogP contribution >= 0.6 is 0 Å². The summed E-state index contributed by atoms with van der Waals surface area (Å²) in [4.78, 5) is 13.3. The number of aromatic nitrogens is 3. The van der Waals surface area contributed by atoms with E-state index in [9.17, 15) is 0 Å². The summed E-state index contributed by atoms with van der Waals surface area (Å²) < 4.78 is 0. The van der Waals surface area contributed by atoms with E-state index in [1.54, 1.807) is 0 Å². The topological polar surface area (TPSA) is 77.1 Å². The zero-order chi connectivity index (χ0) is 12.8. The van der Waals surface area contributed by atoms with Gasteiger partial charge in [0.2, 0.25) is 0 Å². The van der Waals surface area contributed by atoms with Gasteiger partial charge in [-0.15, -0.1) is 0 Å². The zero-order valence-corrected chi connectivity index (χ0v) is 10.3. The van der Waals surface area contributed by atoms with Crippen molar-refractivity contribution < 1.29 is 5.11 Å². The van der Waals surface area contributed by atoms with Crippen molar-refractivity contribution in [3.63, 3.8) is 0 Å². The largest absolute Gasteiger partial charge is 0.396 e. The van der Waals surface area contributed by atoms with Crippen molar-refractivity contribution in [2.45, 2.75) is 6.42 Å². The Morgan fingerprint density at radius 1 is 1.44 bits per heavy atom. The van der Waals surface area contributed by atoms with Gasteiger partial charge in [0.15, 0.2) is 0 Å². The van der Waals surface area contributed by atoms with Crippen molar-refractivity contribution in [1.82, 2.24) is 15.0 Å². The molecule has 0 radical (unpaired) electrons. The van der Waals surface area contributed by atoms with Gasteiger partial charge in [-0.1, -0.05) is 0 Å². The standard InChI is InChI=1S/C12H17N5O/c1-17(10-3-5-13-8-10)12-7-11(15-9-16-12)14-4-2-6-18/h3,5,7-9,13,18H,2,4,6H2,1H3,(H,14,15,16). The maximum absolute atomic E-state index is 8.73. The Kier molecular flexibility index (Phi) is 4.14. The number of hydrogen-bond acceptors (Lipinski definition) is 5. The lowest BCUT2D eigenvalue weighted by Crippen LogP contribution is -2.12. The van der Waals surface area contributed by atoms with Gasteiger partial charge in [0, 0.05) is 38.7 Å². The van der Waals surface area contributed by atoms with E-state index in [4.69, 9.17) is 5.11 Å². The minimum Gasteiger partial charge on any atom is -0.396 e. The minimum atomic E-state index is 0.175. The molecular weight excluding hydrogens is 230 g/mol. The van der Waals surface area contributed by atoms with Crippen LogP contribution in [0.5, 0.6) is 0 Å². The fourth-order valence-electron chi connectivity index (χ4n) is 1.58. The fraction of sp³-hybridized carbons (Fsp3) is 0.333. The summed E-state index contributed by atoms with van der Waals surface area (Å²) in [6, 6.07) is 3.85. The number of nitrogens with one attached hydrogen (secondary N) is 2. The molecule has 2 aromatic rings. The van der Waals surface area contributed by atoms with Crippen LogP contribution < -0.4 is 10.2 Å². The van der Waals surface area contributed by atoms with Gasteiger partial charge in [0.25, 0.3) is 0 Å². The number of anilines is 3. The third-order valence-corrected chi connectivity index (χ3v) is 2.61. The van der Waals surface area contributed by atoms with Gasteiger partial charge in [0.1, 0.15) is 18.0 Å². The highest BCUT2D eigenvalue weighted by Gasteiger charge is 2.06. The smallest absolute Gasteiger partial charge is 0.138 e. The van der Waals surface area contributed by atoms with Crippen LogP contribution in [0.4, 0.5) is 17.3 Å². The van der Waals surface area contributed by atoms with Crippen molar-refractivity contribution in [2.75, 3.05) is 30.4 Å². The van der Waals surface area contributed by atoms with Gasteiger partial charge in [0.05, 0.1) is 5.69 Å². The fourth-order valence-corrected chi connectivity index (χ4v) is 1.58. The Balaban J connectivity index is 2.07. The van der Waals surface area contributed by atoms with Crippen LogP contribution in [0.2, 0.25) is 0 Å². The number of aliphatic hydroxyl groups excluding tert-OH is 1. The summed E-state index contributed by atoms with van der Waals surface area (Å²) in [5.74, 6) is 1.58. The van der Waals surface area contributed by atoms with Gasteiger partial charge in [-0.3, -0.25) is 0 Å². The molecule has 0 bridgehead atoms. The second kappa shape index (κ2) is 6.02. The Morgan fingerprint density at radius 3 is 3.06 bits per heavy atom. The Labute approximate surface area is 106 Å². The Morgan fingerprint density at radius 2 is 2.33 bits per heavy atom. The molecule has 0 amide bonds. The molecule has 0 atom stereocenters. The van der Waals surface area contributed by atoms with Crippen molar-refractivity contribution in [3.8, 4) is 0 Å². The maximum atomic E-state index is 8.73. The highest BCUT2D eigenvalue weighted by Crippen LogP contribution is 2.21. The van der Waals surface area contributed by atoms with Crippen LogP contribution in [0.25, 0.3) is 0 Å². The van der Waals surface area contributed by atoms with Crippen molar-refractivity contribution in [3.05, 3.63) is 30.9 Å². The van der Waals surface area contributed by atoms with Crippen LogP contribution in [0.15, 0.2) is 30.9 Å². The van der Waals surface area contributed by atoms with Gasteiger partial charge >= 0.3 is 0 Å². The average Bonchev–Trinajstić information content (AvgIpc) is 2.92. The molecule has 0 aliphatic rings. The number of aromatic amines is 1. The average molecular weight is 247 g/mol. The predicted octanol–water partition coefficient (Wildman–Crippen LogP) is 1.37. The van der Waals surface area contributed by atoms with Crippen LogP contribution in [-0.2, 0) is 0 Å². The van der Waals surface area contributed by atoms with Crippen molar-refractivity contribution in [2.24, 2.45) is 0 Å². The molecule has 0 aliphatic heterocycles. The Hall–Kier alpha value is -2.08. The highest BCUT2D eigenvalue weighted by atomic mass is 16.3. The summed E-state index contributed by atoms with van der Waals surface area (Å²) >= 11 is 0. The second-order valence-corrected chi connectivity index (χ2v) is 3.89. The molecule has 0 saturated heterocycles. The van der Waals surface area contributed by atoms with E-state index in [1.165, 1.54) is 6.33 Å². The van der Waals surface area contributed by atoms with E-state index >= 15 is 0 Å². The number of rotatable bonds is 6. The van der Waals surface area contributed by atoms with Gasteiger partial charge in [-0.25, -0.2) is 9.97 Å². The molecule has 0 aromatic carbocycles. The van der Waals surface area contributed by atoms with E-state index in [0.29, 0.717) is 13.0 Å². The SMILES string of the molecule is CN(c1cc[nH]c1)c1cc(NCCCO)ncn1. The second-order valence-electron chi connectivity index (χ2n) is 3.89. The van der Waals surface area contributed by atoms with Gasteiger partial charge in [-0.05, 0) is 12.5 Å². The molecule has 2 rings (SSSR count). The first kappa shape index (κ1) is 12.4. The summed E-state index contributed by atoms with van der Waals surface area (Å²) in [7, 11) is 1.95. The van der Waals surface area contributed by atoms with Gasteiger partial charge < -0.3 is 20.3 Å². The van der Waals surface area contributed by atoms with Crippen LogP contribution in [0.1, 0.15) is 6.42 Å². The van der Waals surface area contributed by atoms with E-state index < -0.39 is 0 Å². The first-order valence-corrected chi connectivity index (χ1v) is 5.84. The van der Waals surface area contributed by atoms with E-state index in [1.807, 2.05) is 36.5 Å². The van der Waals surface area contributed by atoms with E-state index in [0.717, 1.165) is 17.3 Å². The summed E-state index contributed by atoms with van der Waals surface area (Å²) in [6.45, 7) is 0.870. The monoisotopic (exact) mass is 247 g/mol. The number of nitrogens with zero attached hydrogens (tertiary/aromatic N) is 3. The number of hydrogen-bond donors (Lipinski definition) is 3. The molecule has 3 N–H and O–H groups in total. The third-order valence-electron chi connectivity index (χ3n) is 2.61. The molecule has 96 valence electrons. The van der Waals surface area contributed by atoms with E-state index in [-0.39, 0.29) is 6.61 Å². The van der Waals surface area contributed by atoms with Crippen molar-refractivity contribution >= 4 is 17.3 Å². The van der Waals surface area contributed by atoms with Gasteiger partial charge in [-0.2, -0.15) is 0 Å². The number of aliphatic hydroxyl groups is 1. The molecule has 6 nitrogen and oxygen atoms in total. The molecule has 0 aliphatic carbocycles. The summed E-state index contributed by atoms with van der Waals surface area (Å²) in [6.07, 6.45) is 6.00. The Bertz CT molecular complexity index is 471. The molecule has 0 fully saturated rings. The predicted molar refractivity (Wildman–Crippen MR) is 71.1 cm³/mol. The first-order chi connectivity index (χ1) is 8.81. The lowest BCUT2D eigenvalue weighted by atomic mass is 10.4. The molecule has 2 heterocycles. The normalized spacial score (nSPS) is 10.3. The maximum Gasteiger partial charge on any atom is 0.138 e. The lowest BCUT2D eigenvalue weighted by molar-refractivity contribution is 0.292. The molecule has 0 saturated carbocycles. The summed E-state index contributed by atoms with van der Waals surface area (Å²) in [5, 5.41) is 11.9. The molecule has 0 unspecified atom stereocenters. The van der Waals surface area contributed by atoms with Crippen LogP contribution in [-0.4, -0.2) is 40.3 Å². The van der Waals surface area contributed by atoms with Crippen LogP contribution in [0, 0.1) is 0 Å².